The lowest BCUT2D eigenvalue weighted by Gasteiger charge is -2.23. The predicted molar refractivity (Wildman–Crippen MR) is 67.1 cm³/mol. The second kappa shape index (κ2) is 4.76. The maximum Gasteiger partial charge on any atom is 0.243 e. The first-order chi connectivity index (χ1) is 8.07. The maximum absolute atomic E-state index is 12.5. The Morgan fingerprint density at radius 3 is 2.76 bits per heavy atom. The summed E-state index contributed by atoms with van der Waals surface area (Å²) < 4.78 is 26.5. The van der Waals surface area contributed by atoms with Crippen LogP contribution in [-0.2, 0) is 10.0 Å². The summed E-state index contributed by atoms with van der Waals surface area (Å²) in [6.07, 6.45) is 1.76. The van der Waals surface area contributed by atoms with Crippen molar-refractivity contribution < 1.29 is 8.42 Å². The Bertz CT molecular complexity index is 499. The number of hydrogen-bond acceptors (Lipinski definition) is 3. The Balaban J connectivity index is 2.40. The van der Waals surface area contributed by atoms with Gasteiger partial charge in [-0.3, -0.25) is 0 Å². The highest BCUT2D eigenvalue weighted by atomic mass is 32.2. The molecule has 4 nitrogen and oxygen atoms in total. The quantitative estimate of drug-likeness (QED) is 0.878. The molecule has 1 atom stereocenters. The van der Waals surface area contributed by atoms with E-state index < -0.39 is 10.0 Å². The summed E-state index contributed by atoms with van der Waals surface area (Å²) >= 11 is 0. The highest BCUT2D eigenvalue weighted by Gasteiger charge is 2.34. The van der Waals surface area contributed by atoms with E-state index in [4.69, 9.17) is 5.73 Å². The van der Waals surface area contributed by atoms with Crippen LogP contribution in [0.1, 0.15) is 18.4 Å². The second-order valence-corrected chi connectivity index (χ2v) is 6.27. The number of benzene rings is 1. The lowest BCUT2D eigenvalue weighted by atomic mass is 10.2. The molecule has 0 radical (unpaired) electrons. The van der Waals surface area contributed by atoms with E-state index in [1.165, 1.54) is 0 Å². The lowest BCUT2D eigenvalue weighted by molar-refractivity contribution is 0.393. The summed E-state index contributed by atoms with van der Waals surface area (Å²) in [5, 5.41) is 0. The van der Waals surface area contributed by atoms with E-state index in [2.05, 4.69) is 0 Å². The van der Waals surface area contributed by atoms with Gasteiger partial charge in [0.1, 0.15) is 0 Å². The van der Waals surface area contributed by atoms with Gasteiger partial charge in [-0.2, -0.15) is 4.31 Å². The average molecular weight is 254 g/mol. The Morgan fingerprint density at radius 2 is 2.12 bits per heavy atom. The van der Waals surface area contributed by atoms with Crippen LogP contribution in [-0.4, -0.2) is 31.9 Å². The zero-order valence-corrected chi connectivity index (χ0v) is 10.8. The van der Waals surface area contributed by atoms with Gasteiger partial charge in [-0.25, -0.2) is 8.42 Å². The summed E-state index contributed by atoms with van der Waals surface area (Å²) in [7, 11) is -3.38. The first-order valence-electron chi connectivity index (χ1n) is 5.85. The van der Waals surface area contributed by atoms with E-state index >= 15 is 0 Å². The van der Waals surface area contributed by atoms with Crippen LogP contribution in [0.4, 0.5) is 0 Å². The first-order valence-corrected chi connectivity index (χ1v) is 7.29. The van der Waals surface area contributed by atoms with Crippen LogP contribution in [0.3, 0.4) is 0 Å². The molecule has 1 aliphatic rings. The molecular weight excluding hydrogens is 236 g/mol. The number of aryl methyl sites for hydroxylation is 1. The molecule has 0 saturated carbocycles. The van der Waals surface area contributed by atoms with Gasteiger partial charge in [-0.15, -0.1) is 0 Å². The molecule has 0 spiro atoms. The normalized spacial score (nSPS) is 21.9. The zero-order valence-electron chi connectivity index (χ0n) is 9.96. The molecule has 17 heavy (non-hydrogen) atoms. The molecular formula is C12H18N2O2S. The van der Waals surface area contributed by atoms with Gasteiger partial charge in [0.2, 0.25) is 10.0 Å². The fourth-order valence-electron chi connectivity index (χ4n) is 2.33. The number of hydrogen-bond donors (Lipinski definition) is 1. The standard InChI is InChI=1S/C12H18N2O2S/c1-10-5-2-3-7-12(10)17(15,16)14-8-4-6-11(14)9-13/h2-3,5,7,11H,4,6,8-9,13H2,1H3. The molecule has 2 rings (SSSR count). The van der Waals surface area contributed by atoms with Gasteiger partial charge in [0, 0.05) is 19.1 Å². The molecule has 1 saturated heterocycles. The number of rotatable bonds is 3. The number of nitrogens with two attached hydrogens (primary N) is 1. The van der Waals surface area contributed by atoms with Gasteiger partial charge in [0.25, 0.3) is 0 Å². The molecule has 1 aliphatic heterocycles. The van der Waals surface area contributed by atoms with Crippen molar-refractivity contribution in [3.8, 4) is 0 Å². The van der Waals surface area contributed by atoms with Gasteiger partial charge in [-0.05, 0) is 31.4 Å². The van der Waals surface area contributed by atoms with Crippen molar-refractivity contribution in [2.45, 2.75) is 30.7 Å². The molecule has 1 unspecified atom stereocenters. The highest BCUT2D eigenvalue weighted by Crippen LogP contribution is 2.26. The molecule has 0 bridgehead atoms. The predicted octanol–water partition coefficient (Wildman–Crippen LogP) is 1.11. The van der Waals surface area contributed by atoms with Gasteiger partial charge in [0.05, 0.1) is 4.90 Å². The smallest absolute Gasteiger partial charge is 0.243 e. The molecule has 5 heteroatoms. The summed E-state index contributed by atoms with van der Waals surface area (Å²) in [6, 6.07) is 7.04. The van der Waals surface area contributed by atoms with Gasteiger partial charge in [0.15, 0.2) is 0 Å². The average Bonchev–Trinajstić information content (AvgIpc) is 2.78. The van der Waals surface area contributed by atoms with Gasteiger partial charge >= 0.3 is 0 Å². The highest BCUT2D eigenvalue weighted by molar-refractivity contribution is 7.89. The van der Waals surface area contributed by atoms with Gasteiger partial charge in [-0.1, -0.05) is 18.2 Å². The van der Waals surface area contributed by atoms with Crippen LogP contribution in [0.15, 0.2) is 29.2 Å². The fourth-order valence-corrected chi connectivity index (χ4v) is 4.26. The van der Waals surface area contributed by atoms with Crippen LogP contribution in [0.5, 0.6) is 0 Å². The Kier molecular flexibility index (Phi) is 3.51. The first kappa shape index (κ1) is 12.5. The maximum atomic E-state index is 12.5. The van der Waals surface area contributed by atoms with Crippen LogP contribution in [0.2, 0.25) is 0 Å². The minimum atomic E-state index is -3.38. The fraction of sp³-hybridized carbons (Fsp3) is 0.500. The summed E-state index contributed by atoms with van der Waals surface area (Å²) in [4.78, 5) is 0.403. The molecule has 1 aromatic carbocycles. The Hall–Kier alpha value is -0.910. The molecule has 94 valence electrons. The van der Waals surface area contributed by atoms with Crippen LogP contribution >= 0.6 is 0 Å². The van der Waals surface area contributed by atoms with E-state index in [1.807, 2.05) is 19.1 Å². The van der Waals surface area contributed by atoms with Crippen LogP contribution < -0.4 is 5.73 Å². The van der Waals surface area contributed by atoms with E-state index in [9.17, 15) is 8.42 Å². The van der Waals surface area contributed by atoms with Crippen molar-refractivity contribution in [1.82, 2.24) is 4.31 Å². The van der Waals surface area contributed by atoms with Crippen molar-refractivity contribution in [1.29, 1.82) is 0 Å². The minimum absolute atomic E-state index is 0.0420. The van der Waals surface area contributed by atoms with Crippen molar-refractivity contribution in [3.05, 3.63) is 29.8 Å². The Labute approximate surface area is 102 Å². The molecule has 1 heterocycles. The van der Waals surface area contributed by atoms with Crippen molar-refractivity contribution in [3.63, 3.8) is 0 Å². The SMILES string of the molecule is Cc1ccccc1S(=O)(=O)N1CCCC1CN. The third-order valence-electron chi connectivity index (χ3n) is 3.28. The largest absolute Gasteiger partial charge is 0.329 e. The molecule has 0 amide bonds. The summed E-state index contributed by atoms with van der Waals surface area (Å²) in [5.41, 5.74) is 6.42. The van der Waals surface area contributed by atoms with Gasteiger partial charge < -0.3 is 5.73 Å². The van der Waals surface area contributed by atoms with E-state index in [-0.39, 0.29) is 6.04 Å². The molecule has 0 aromatic heterocycles. The molecule has 0 aliphatic carbocycles. The zero-order chi connectivity index (χ0) is 12.5. The number of nitrogens with zero attached hydrogens (tertiary/aromatic N) is 1. The van der Waals surface area contributed by atoms with Crippen LogP contribution in [0.25, 0.3) is 0 Å². The van der Waals surface area contributed by atoms with Crippen molar-refractivity contribution in [2.75, 3.05) is 13.1 Å². The van der Waals surface area contributed by atoms with E-state index in [0.29, 0.717) is 18.0 Å². The number of sulfonamides is 1. The van der Waals surface area contributed by atoms with Crippen molar-refractivity contribution >= 4 is 10.0 Å². The van der Waals surface area contributed by atoms with Crippen molar-refractivity contribution in [2.24, 2.45) is 5.73 Å². The second-order valence-electron chi connectivity index (χ2n) is 4.41. The molecule has 1 aromatic rings. The third kappa shape index (κ3) is 2.22. The third-order valence-corrected chi connectivity index (χ3v) is 5.39. The monoisotopic (exact) mass is 254 g/mol. The molecule has 1 fully saturated rings. The Morgan fingerprint density at radius 1 is 1.41 bits per heavy atom. The van der Waals surface area contributed by atoms with E-state index in [0.717, 1.165) is 18.4 Å². The topological polar surface area (TPSA) is 63.4 Å². The van der Waals surface area contributed by atoms with E-state index in [1.54, 1.807) is 16.4 Å². The molecule has 2 N–H and O–H groups in total. The minimum Gasteiger partial charge on any atom is -0.329 e. The lowest BCUT2D eigenvalue weighted by Crippen LogP contribution is -2.40. The summed E-state index contributed by atoms with van der Waals surface area (Å²) in [5.74, 6) is 0. The van der Waals surface area contributed by atoms with Crippen LogP contribution in [0, 0.1) is 6.92 Å². The summed E-state index contributed by atoms with van der Waals surface area (Å²) in [6.45, 7) is 2.80.